The van der Waals surface area contributed by atoms with Gasteiger partial charge in [-0.2, -0.15) is 0 Å². The van der Waals surface area contributed by atoms with Crippen molar-refractivity contribution in [3.05, 3.63) is 29.8 Å². The first kappa shape index (κ1) is 21.1. The number of aromatic nitrogens is 2. The molecule has 1 aliphatic rings. The number of benzene rings is 1. The van der Waals surface area contributed by atoms with Crippen LogP contribution >= 0.6 is 35.5 Å². The van der Waals surface area contributed by atoms with Gasteiger partial charge in [-0.1, -0.05) is 36.9 Å². The number of rotatable bonds is 6. The third-order valence-corrected chi connectivity index (χ3v) is 6.68. The second kappa shape index (κ2) is 8.22. The Morgan fingerprint density at radius 1 is 1.42 bits per heavy atom. The first-order valence-electron chi connectivity index (χ1n) is 8.13. The van der Waals surface area contributed by atoms with Gasteiger partial charge in [0, 0.05) is 29.0 Å². The highest BCUT2D eigenvalue weighted by molar-refractivity contribution is 8.01. The molecule has 6 nitrogen and oxygen atoms in total. The first-order valence-corrected chi connectivity index (χ1v) is 9.82. The van der Waals surface area contributed by atoms with Crippen molar-refractivity contribution in [1.29, 1.82) is 0 Å². The molecule has 1 aromatic carbocycles. The van der Waals surface area contributed by atoms with Crippen LogP contribution in [0.4, 0.5) is 5.69 Å². The molecule has 2 atom stereocenters. The van der Waals surface area contributed by atoms with Gasteiger partial charge in [0.1, 0.15) is 11.0 Å². The smallest absolute Gasteiger partial charge is 0.245 e. The monoisotopic (exact) mass is 414 g/mol. The van der Waals surface area contributed by atoms with E-state index in [1.165, 1.54) is 23.1 Å². The number of carbonyl (C=O) groups excluding carboxylic acids is 1. The van der Waals surface area contributed by atoms with Crippen LogP contribution in [-0.4, -0.2) is 34.4 Å². The van der Waals surface area contributed by atoms with E-state index in [1.807, 2.05) is 45.0 Å². The summed E-state index contributed by atoms with van der Waals surface area (Å²) in [6.45, 7) is 6.55. The average Bonchev–Trinajstić information content (AvgIpc) is 3.09. The molecule has 1 fully saturated rings. The predicted octanol–water partition coefficient (Wildman–Crippen LogP) is 3.58. The summed E-state index contributed by atoms with van der Waals surface area (Å²) in [6, 6.07) is 7.63. The summed E-state index contributed by atoms with van der Waals surface area (Å²) < 4.78 is 6.57. The van der Waals surface area contributed by atoms with Gasteiger partial charge in [0.15, 0.2) is 4.34 Å². The molecule has 3 N–H and O–H groups in total. The molecule has 1 aromatic heterocycles. The van der Waals surface area contributed by atoms with Crippen LogP contribution in [0.2, 0.25) is 0 Å². The van der Waals surface area contributed by atoms with Crippen molar-refractivity contribution >= 4 is 47.1 Å². The highest BCUT2D eigenvalue weighted by atomic mass is 35.5. The Kier molecular flexibility index (Phi) is 6.68. The molecule has 0 radical (unpaired) electrons. The fourth-order valence-corrected chi connectivity index (χ4v) is 4.43. The normalized spacial score (nSPS) is 23.6. The number of anilines is 1. The lowest BCUT2D eigenvalue weighted by Gasteiger charge is -2.57. The van der Waals surface area contributed by atoms with E-state index in [0.29, 0.717) is 13.0 Å². The zero-order valence-electron chi connectivity index (χ0n) is 14.9. The van der Waals surface area contributed by atoms with E-state index in [4.69, 9.17) is 10.5 Å². The number of nitrogens with one attached hydrogen (secondary N) is 1. The fraction of sp³-hybridized carbons (Fsp3) is 0.471. The number of hydrogen-bond acceptors (Lipinski definition) is 7. The van der Waals surface area contributed by atoms with Crippen molar-refractivity contribution in [2.24, 2.45) is 11.1 Å². The quantitative estimate of drug-likeness (QED) is 0.750. The van der Waals surface area contributed by atoms with Crippen LogP contribution in [0, 0.1) is 5.41 Å². The van der Waals surface area contributed by atoms with Gasteiger partial charge in [0.2, 0.25) is 5.91 Å². The van der Waals surface area contributed by atoms with Crippen LogP contribution in [0.15, 0.2) is 39.0 Å². The third kappa shape index (κ3) is 3.89. The van der Waals surface area contributed by atoms with E-state index in [-0.39, 0.29) is 24.4 Å². The molecule has 2 aromatic rings. The zero-order valence-corrected chi connectivity index (χ0v) is 17.3. The molecular weight excluding hydrogens is 392 g/mol. The van der Waals surface area contributed by atoms with Crippen molar-refractivity contribution < 1.29 is 9.53 Å². The molecule has 142 valence electrons. The fourth-order valence-electron chi connectivity index (χ4n) is 2.98. The minimum Gasteiger partial charge on any atom is -0.378 e. The van der Waals surface area contributed by atoms with Gasteiger partial charge in [0.05, 0.1) is 6.10 Å². The predicted molar refractivity (Wildman–Crippen MR) is 107 cm³/mol. The van der Waals surface area contributed by atoms with Crippen LogP contribution in [0.5, 0.6) is 0 Å². The lowest BCUT2D eigenvalue weighted by molar-refractivity contribution is -0.166. The van der Waals surface area contributed by atoms with Crippen molar-refractivity contribution in [3.8, 4) is 0 Å². The summed E-state index contributed by atoms with van der Waals surface area (Å²) in [7, 11) is 0. The Morgan fingerprint density at radius 3 is 2.65 bits per heavy atom. The van der Waals surface area contributed by atoms with Crippen molar-refractivity contribution in [2.75, 3.05) is 11.9 Å². The first-order chi connectivity index (χ1) is 11.9. The van der Waals surface area contributed by atoms with Crippen molar-refractivity contribution in [1.82, 2.24) is 10.2 Å². The molecule has 26 heavy (non-hydrogen) atoms. The van der Waals surface area contributed by atoms with E-state index in [9.17, 15) is 4.79 Å². The largest absolute Gasteiger partial charge is 0.378 e. The summed E-state index contributed by atoms with van der Waals surface area (Å²) >= 11 is 3.03. The second-order valence-electron chi connectivity index (χ2n) is 6.63. The van der Waals surface area contributed by atoms with Gasteiger partial charge in [-0.3, -0.25) is 4.79 Å². The number of nitrogens with two attached hydrogens (primary N) is 1. The van der Waals surface area contributed by atoms with E-state index in [1.54, 1.807) is 5.51 Å². The number of nitrogens with zero attached hydrogens (tertiary/aromatic N) is 2. The van der Waals surface area contributed by atoms with Gasteiger partial charge >= 0.3 is 0 Å². The molecule has 0 spiro atoms. The van der Waals surface area contributed by atoms with Gasteiger partial charge in [-0.05, 0) is 31.2 Å². The lowest BCUT2D eigenvalue weighted by Crippen LogP contribution is -2.74. The Labute approximate surface area is 167 Å². The number of carbonyl (C=O) groups is 1. The Bertz CT molecular complexity index is 740. The summed E-state index contributed by atoms with van der Waals surface area (Å²) in [6.07, 6.45) is 0.545. The Morgan fingerprint density at radius 2 is 2.12 bits per heavy atom. The summed E-state index contributed by atoms with van der Waals surface area (Å²) in [5.74, 6) is -0.169. The number of ether oxygens (including phenoxy) is 1. The molecule has 2 unspecified atom stereocenters. The molecule has 0 aliphatic heterocycles. The number of hydrogen-bond donors (Lipinski definition) is 2. The molecule has 1 saturated carbocycles. The molecule has 0 bridgehead atoms. The summed E-state index contributed by atoms with van der Waals surface area (Å²) in [5, 5.41) is 10.8. The minimum atomic E-state index is -0.924. The van der Waals surface area contributed by atoms with Gasteiger partial charge in [-0.25, -0.2) is 0 Å². The Hall–Kier alpha value is -1.19. The Balaban J connectivity index is 0.00000243. The maximum atomic E-state index is 12.7. The molecular formula is C17H23ClN4O2S2. The van der Waals surface area contributed by atoms with E-state index >= 15 is 0 Å². The van der Waals surface area contributed by atoms with E-state index in [0.717, 1.165) is 14.9 Å². The average molecular weight is 415 g/mol. The van der Waals surface area contributed by atoms with Crippen molar-refractivity contribution in [3.63, 3.8) is 0 Å². The highest BCUT2D eigenvalue weighted by Gasteiger charge is 2.62. The van der Waals surface area contributed by atoms with E-state index < -0.39 is 11.0 Å². The standard InChI is InChI=1S/C17H22N4O2S2.ClH/c1-4-23-13-9-17(18,16(13,2)3)14(22)20-11-5-7-12(8-6-11)25-15-21-19-10-24-15;/h5-8,10,13H,4,9,18H2,1-3H3,(H,20,22);1H. The third-order valence-electron chi connectivity index (χ3n) is 4.89. The molecule has 1 heterocycles. The summed E-state index contributed by atoms with van der Waals surface area (Å²) in [5.41, 5.74) is 7.51. The highest BCUT2D eigenvalue weighted by Crippen LogP contribution is 2.50. The van der Waals surface area contributed by atoms with E-state index in [2.05, 4.69) is 15.5 Å². The van der Waals surface area contributed by atoms with Crippen LogP contribution in [0.3, 0.4) is 0 Å². The maximum Gasteiger partial charge on any atom is 0.245 e. The SMILES string of the molecule is CCOC1CC(N)(C(=O)Nc2ccc(Sc3nncs3)cc2)C1(C)C.Cl. The van der Waals surface area contributed by atoms with Gasteiger partial charge in [0.25, 0.3) is 0 Å². The number of halogens is 1. The van der Waals surface area contributed by atoms with Crippen LogP contribution in [0.25, 0.3) is 0 Å². The van der Waals surface area contributed by atoms with Crippen LogP contribution in [0.1, 0.15) is 27.2 Å². The number of amides is 1. The topological polar surface area (TPSA) is 90.1 Å². The summed E-state index contributed by atoms with van der Waals surface area (Å²) in [4.78, 5) is 13.7. The molecule has 1 aliphatic carbocycles. The van der Waals surface area contributed by atoms with Gasteiger partial charge < -0.3 is 15.8 Å². The molecule has 1 amide bonds. The van der Waals surface area contributed by atoms with Crippen molar-refractivity contribution in [2.45, 2.75) is 48.1 Å². The molecule has 0 saturated heterocycles. The second-order valence-corrected chi connectivity index (χ2v) is 8.78. The van der Waals surface area contributed by atoms with Gasteiger partial charge in [-0.15, -0.1) is 22.6 Å². The van der Waals surface area contributed by atoms with Crippen LogP contribution in [-0.2, 0) is 9.53 Å². The zero-order chi connectivity index (χ0) is 18.1. The maximum absolute atomic E-state index is 12.7. The molecule has 9 heteroatoms. The van der Waals surface area contributed by atoms with Crippen LogP contribution < -0.4 is 11.1 Å². The minimum absolute atomic E-state index is 0. The lowest BCUT2D eigenvalue weighted by atomic mass is 9.54. The molecule has 3 rings (SSSR count).